The van der Waals surface area contributed by atoms with Crippen molar-refractivity contribution in [2.24, 2.45) is 0 Å². The molecule has 0 spiro atoms. The summed E-state index contributed by atoms with van der Waals surface area (Å²) in [6, 6.07) is 5.78. The zero-order chi connectivity index (χ0) is 26.8. The van der Waals surface area contributed by atoms with E-state index in [0.717, 1.165) is 30.4 Å². The van der Waals surface area contributed by atoms with E-state index < -0.39 is 29.3 Å². The molecule has 2 unspecified atom stereocenters. The lowest BCUT2D eigenvalue weighted by molar-refractivity contribution is -0.148. The Hall–Kier alpha value is -2.22. The highest BCUT2D eigenvalue weighted by Crippen LogP contribution is 2.33. The summed E-state index contributed by atoms with van der Waals surface area (Å²) in [4.78, 5) is 41.8. The van der Waals surface area contributed by atoms with Gasteiger partial charge in [0.15, 0.2) is 0 Å². The number of carbonyl (C=O) groups is 3. The highest BCUT2D eigenvalue weighted by atomic mass is 32.1. The second-order valence-corrected chi connectivity index (χ2v) is 10.9. The number of nitrogens with one attached hydrogen (secondary N) is 2. The molecule has 35 heavy (non-hydrogen) atoms. The number of alkyl carbamates (subject to hydrolysis) is 1. The number of benzene rings is 1. The van der Waals surface area contributed by atoms with Crippen molar-refractivity contribution in [3.63, 3.8) is 0 Å². The lowest BCUT2D eigenvalue weighted by Crippen LogP contribution is -2.60. The summed E-state index contributed by atoms with van der Waals surface area (Å²) in [5, 5.41) is 5.70. The molecule has 0 heterocycles. The van der Waals surface area contributed by atoms with Gasteiger partial charge in [0.05, 0.1) is 0 Å². The van der Waals surface area contributed by atoms with Crippen molar-refractivity contribution < 1.29 is 19.1 Å². The first-order valence-corrected chi connectivity index (χ1v) is 13.2. The van der Waals surface area contributed by atoms with Crippen molar-refractivity contribution in [3.8, 4) is 0 Å². The maximum absolute atomic E-state index is 14.0. The molecule has 7 nitrogen and oxygen atoms in total. The minimum absolute atomic E-state index is 0.0625. The van der Waals surface area contributed by atoms with Crippen LogP contribution in [0.25, 0.3) is 0 Å². The van der Waals surface area contributed by atoms with Crippen LogP contribution in [0, 0.1) is 6.92 Å². The molecule has 0 bridgehead atoms. The third kappa shape index (κ3) is 9.39. The second-order valence-electron chi connectivity index (χ2n) is 10.5. The highest BCUT2D eigenvalue weighted by molar-refractivity contribution is 7.80. The van der Waals surface area contributed by atoms with Gasteiger partial charge in [-0.25, -0.2) is 4.79 Å². The molecule has 0 radical (unpaired) electrons. The maximum Gasteiger partial charge on any atom is 0.408 e. The molecule has 198 valence electrons. The Morgan fingerprint density at radius 3 is 2.20 bits per heavy atom. The monoisotopic (exact) mass is 507 g/mol. The standard InChI is InChI=1S/C27H45N3O4S/c1-9-11-14-17-28-23(31)22(20-16-13-12-15-19(20)3)30(27(7,8)10-2)24(32)21(18-35)29-25(33)34-26(4,5)6/h12-13,15-16,21-22,35H,9-11,14,17-18H2,1-8H3,(H,28,31)(H,29,33). The van der Waals surface area contributed by atoms with Crippen molar-refractivity contribution in [1.82, 2.24) is 15.5 Å². The van der Waals surface area contributed by atoms with Gasteiger partial charge >= 0.3 is 6.09 Å². The summed E-state index contributed by atoms with van der Waals surface area (Å²) in [5.41, 5.74) is 0.277. The Morgan fingerprint density at radius 1 is 1.06 bits per heavy atom. The molecular weight excluding hydrogens is 462 g/mol. The van der Waals surface area contributed by atoms with Gasteiger partial charge < -0.3 is 20.3 Å². The van der Waals surface area contributed by atoms with Crippen LogP contribution in [0.5, 0.6) is 0 Å². The van der Waals surface area contributed by atoms with Crippen LogP contribution in [-0.2, 0) is 14.3 Å². The Morgan fingerprint density at radius 2 is 1.69 bits per heavy atom. The Balaban J connectivity index is 3.47. The lowest BCUT2D eigenvalue weighted by atomic mass is 9.90. The molecule has 1 rings (SSSR count). The number of amides is 3. The summed E-state index contributed by atoms with van der Waals surface area (Å²) in [5.74, 6) is -0.553. The van der Waals surface area contributed by atoms with Crippen molar-refractivity contribution >= 4 is 30.5 Å². The van der Waals surface area contributed by atoms with Crippen molar-refractivity contribution in [2.45, 2.75) is 104 Å². The van der Waals surface area contributed by atoms with Crippen LogP contribution in [0.3, 0.4) is 0 Å². The van der Waals surface area contributed by atoms with Gasteiger partial charge in [0.1, 0.15) is 17.7 Å². The van der Waals surface area contributed by atoms with E-state index in [9.17, 15) is 14.4 Å². The first-order valence-electron chi connectivity index (χ1n) is 12.6. The molecule has 8 heteroatoms. The molecule has 3 amide bonds. The van der Waals surface area contributed by atoms with E-state index in [-0.39, 0.29) is 17.6 Å². The van der Waals surface area contributed by atoms with Gasteiger partial charge in [-0.1, -0.05) is 51.0 Å². The Labute approximate surface area is 217 Å². The van der Waals surface area contributed by atoms with Crippen LogP contribution in [-0.4, -0.2) is 52.3 Å². The SMILES string of the molecule is CCCCCNC(=O)C(c1ccccc1C)N(C(=O)C(CS)NC(=O)OC(C)(C)C)C(C)(C)CC. The summed E-state index contributed by atoms with van der Waals surface area (Å²) in [6.07, 6.45) is 2.84. The van der Waals surface area contributed by atoms with Gasteiger partial charge in [-0.05, 0) is 65.5 Å². The number of carbonyl (C=O) groups excluding carboxylic acids is 3. The van der Waals surface area contributed by atoms with E-state index >= 15 is 0 Å². The fourth-order valence-corrected chi connectivity index (χ4v) is 3.97. The molecule has 0 aliphatic carbocycles. The molecule has 1 aromatic carbocycles. The molecular formula is C27H45N3O4S. The smallest absolute Gasteiger partial charge is 0.408 e. The minimum Gasteiger partial charge on any atom is -0.444 e. The topological polar surface area (TPSA) is 87.7 Å². The van der Waals surface area contributed by atoms with Crippen molar-refractivity contribution in [3.05, 3.63) is 35.4 Å². The van der Waals surface area contributed by atoms with E-state index in [0.29, 0.717) is 13.0 Å². The molecule has 2 atom stereocenters. The zero-order valence-corrected chi connectivity index (χ0v) is 23.6. The molecule has 0 saturated heterocycles. The van der Waals surface area contributed by atoms with E-state index in [2.05, 4.69) is 30.2 Å². The van der Waals surface area contributed by atoms with E-state index in [1.165, 1.54) is 0 Å². The van der Waals surface area contributed by atoms with Gasteiger partial charge in [-0.3, -0.25) is 9.59 Å². The number of ether oxygens (including phenoxy) is 1. The fourth-order valence-electron chi connectivity index (χ4n) is 3.72. The first kappa shape index (κ1) is 30.8. The molecule has 0 fully saturated rings. The quantitative estimate of drug-likeness (QED) is 0.269. The van der Waals surface area contributed by atoms with Crippen LogP contribution >= 0.6 is 12.6 Å². The molecule has 2 N–H and O–H groups in total. The van der Waals surface area contributed by atoms with Gasteiger partial charge in [0.2, 0.25) is 11.8 Å². The average molecular weight is 508 g/mol. The third-order valence-corrected chi connectivity index (χ3v) is 6.36. The van der Waals surface area contributed by atoms with E-state index in [1.807, 2.05) is 52.0 Å². The molecule has 0 aliphatic heterocycles. The van der Waals surface area contributed by atoms with Gasteiger partial charge in [-0.2, -0.15) is 12.6 Å². The highest BCUT2D eigenvalue weighted by Gasteiger charge is 2.43. The number of hydrogen-bond acceptors (Lipinski definition) is 5. The van der Waals surface area contributed by atoms with Crippen molar-refractivity contribution in [2.75, 3.05) is 12.3 Å². The number of hydrogen-bond donors (Lipinski definition) is 3. The summed E-state index contributed by atoms with van der Waals surface area (Å²) in [7, 11) is 0. The largest absolute Gasteiger partial charge is 0.444 e. The summed E-state index contributed by atoms with van der Waals surface area (Å²) in [6.45, 7) is 15.7. The van der Waals surface area contributed by atoms with E-state index in [4.69, 9.17) is 4.74 Å². The first-order chi connectivity index (χ1) is 16.3. The normalized spacial score (nSPS) is 13.5. The molecule has 0 aliphatic rings. The van der Waals surface area contributed by atoms with Gasteiger partial charge in [0.25, 0.3) is 0 Å². The Bertz CT molecular complexity index is 851. The van der Waals surface area contributed by atoms with Crippen LogP contribution in [0.4, 0.5) is 4.79 Å². The number of nitrogens with zero attached hydrogens (tertiary/aromatic N) is 1. The number of unbranched alkanes of at least 4 members (excludes halogenated alkanes) is 2. The van der Waals surface area contributed by atoms with Gasteiger partial charge in [0, 0.05) is 17.8 Å². The lowest BCUT2D eigenvalue weighted by Gasteiger charge is -2.44. The predicted molar refractivity (Wildman–Crippen MR) is 145 cm³/mol. The van der Waals surface area contributed by atoms with Crippen molar-refractivity contribution in [1.29, 1.82) is 0 Å². The average Bonchev–Trinajstić information content (AvgIpc) is 2.77. The fraction of sp³-hybridized carbons (Fsp3) is 0.667. The van der Waals surface area contributed by atoms with E-state index in [1.54, 1.807) is 25.7 Å². The zero-order valence-electron chi connectivity index (χ0n) is 22.7. The summed E-state index contributed by atoms with van der Waals surface area (Å²) < 4.78 is 5.37. The van der Waals surface area contributed by atoms with Gasteiger partial charge in [-0.15, -0.1) is 0 Å². The molecule has 0 aromatic heterocycles. The van der Waals surface area contributed by atoms with Crippen LogP contribution in [0.1, 0.15) is 91.3 Å². The van der Waals surface area contributed by atoms with Crippen LogP contribution in [0.2, 0.25) is 0 Å². The minimum atomic E-state index is -0.960. The third-order valence-electron chi connectivity index (χ3n) is 6.00. The van der Waals surface area contributed by atoms with Crippen LogP contribution in [0.15, 0.2) is 24.3 Å². The molecule has 0 saturated carbocycles. The maximum atomic E-state index is 14.0. The van der Waals surface area contributed by atoms with Crippen LogP contribution < -0.4 is 10.6 Å². The molecule has 1 aromatic rings. The second kappa shape index (κ2) is 13.8. The number of thiol groups is 1. The summed E-state index contributed by atoms with van der Waals surface area (Å²) >= 11 is 4.35. The Kier molecular flexibility index (Phi) is 12.1. The predicted octanol–water partition coefficient (Wildman–Crippen LogP) is 5.18. The number of rotatable bonds is 12. The number of aryl methyl sites for hydroxylation is 1.